The minimum atomic E-state index is -0.213. The first kappa shape index (κ1) is 15.8. The van der Waals surface area contributed by atoms with Crippen LogP contribution in [0.1, 0.15) is 24.8 Å². The molecular weight excluding hydrogens is 323 g/mol. The van der Waals surface area contributed by atoms with Gasteiger partial charge in [0.25, 0.3) is 0 Å². The monoisotopic (exact) mass is 340 g/mol. The van der Waals surface area contributed by atoms with E-state index >= 15 is 0 Å². The predicted molar refractivity (Wildman–Crippen MR) is 86.0 cm³/mol. The Morgan fingerprint density at radius 1 is 1.27 bits per heavy atom. The second kappa shape index (κ2) is 7.47. The molecule has 1 aromatic heterocycles. The molecule has 0 N–H and O–H groups in total. The van der Waals surface area contributed by atoms with E-state index in [4.69, 9.17) is 32.7 Å². The number of nitrogens with zero attached hydrogens (tertiary/aromatic N) is 2. The van der Waals surface area contributed by atoms with Crippen molar-refractivity contribution in [3.8, 4) is 0 Å². The van der Waals surface area contributed by atoms with Crippen LogP contribution >= 0.6 is 23.2 Å². The zero-order valence-corrected chi connectivity index (χ0v) is 13.6. The normalized spacial score (nSPS) is 21.9. The number of ether oxygens (including phenoxy) is 2. The van der Waals surface area contributed by atoms with Crippen molar-refractivity contribution in [3.63, 3.8) is 0 Å². The van der Waals surface area contributed by atoms with Crippen LogP contribution in [0.5, 0.6) is 0 Å². The fourth-order valence-corrected chi connectivity index (χ4v) is 3.10. The minimum Gasteiger partial charge on any atom is -0.348 e. The van der Waals surface area contributed by atoms with Crippen LogP contribution in [0.4, 0.5) is 0 Å². The summed E-state index contributed by atoms with van der Waals surface area (Å²) in [4.78, 5) is 4.05. The maximum absolute atomic E-state index is 6.16. The van der Waals surface area contributed by atoms with E-state index in [1.165, 1.54) is 0 Å². The topological polar surface area (TPSA) is 36.3 Å². The third-order valence-electron chi connectivity index (χ3n) is 3.76. The molecule has 2 atom stereocenters. The van der Waals surface area contributed by atoms with Crippen LogP contribution in [0.25, 0.3) is 0 Å². The molecule has 0 aliphatic carbocycles. The molecule has 0 unspecified atom stereocenters. The van der Waals surface area contributed by atoms with Gasteiger partial charge < -0.3 is 14.0 Å². The summed E-state index contributed by atoms with van der Waals surface area (Å²) in [6, 6.07) is 5.46. The maximum Gasteiger partial charge on any atom is 0.158 e. The molecule has 4 nitrogen and oxygen atoms in total. The van der Waals surface area contributed by atoms with Crippen molar-refractivity contribution in [2.45, 2.75) is 44.8 Å². The summed E-state index contributed by atoms with van der Waals surface area (Å²) >= 11 is 12.3. The van der Waals surface area contributed by atoms with Crippen LogP contribution in [0.15, 0.2) is 36.9 Å². The third kappa shape index (κ3) is 4.02. The Kier molecular flexibility index (Phi) is 5.37. The molecule has 0 spiro atoms. The smallest absolute Gasteiger partial charge is 0.158 e. The van der Waals surface area contributed by atoms with E-state index < -0.39 is 0 Å². The highest BCUT2D eigenvalue weighted by atomic mass is 35.5. The molecule has 0 amide bonds. The van der Waals surface area contributed by atoms with E-state index in [1.54, 1.807) is 12.5 Å². The van der Waals surface area contributed by atoms with Gasteiger partial charge in [0.15, 0.2) is 6.29 Å². The molecule has 0 saturated carbocycles. The van der Waals surface area contributed by atoms with Crippen LogP contribution in [0.2, 0.25) is 10.0 Å². The van der Waals surface area contributed by atoms with Crippen LogP contribution in [-0.2, 0) is 22.6 Å². The minimum absolute atomic E-state index is 0.148. The largest absolute Gasteiger partial charge is 0.348 e. The summed E-state index contributed by atoms with van der Waals surface area (Å²) in [6.07, 6.45) is 8.46. The summed E-state index contributed by atoms with van der Waals surface area (Å²) < 4.78 is 13.9. The molecular formula is C16H18Cl2N2O2. The van der Waals surface area contributed by atoms with Crippen LogP contribution < -0.4 is 0 Å². The molecule has 6 heteroatoms. The lowest BCUT2D eigenvalue weighted by Gasteiger charge is -2.30. The fraction of sp³-hybridized carbons (Fsp3) is 0.438. The van der Waals surface area contributed by atoms with Gasteiger partial charge in [0.1, 0.15) is 0 Å². The summed E-state index contributed by atoms with van der Waals surface area (Å²) in [7, 11) is 0. The number of hydrogen-bond acceptors (Lipinski definition) is 3. The average Bonchev–Trinajstić information content (AvgIpc) is 3.00. The Bertz CT molecular complexity index is 584. The Morgan fingerprint density at radius 2 is 2.09 bits per heavy atom. The van der Waals surface area contributed by atoms with Gasteiger partial charge in [-0.25, -0.2) is 4.98 Å². The Balaban J connectivity index is 1.54. The number of benzene rings is 1. The Morgan fingerprint density at radius 3 is 2.82 bits per heavy atom. The van der Waals surface area contributed by atoms with E-state index in [1.807, 2.05) is 29.0 Å². The van der Waals surface area contributed by atoms with Gasteiger partial charge in [-0.05, 0) is 31.4 Å². The zero-order chi connectivity index (χ0) is 15.4. The number of halogens is 2. The van der Waals surface area contributed by atoms with Crippen molar-refractivity contribution in [1.29, 1.82) is 0 Å². The Hall–Kier alpha value is -1.07. The van der Waals surface area contributed by atoms with Gasteiger partial charge in [0.05, 0.1) is 19.0 Å². The molecule has 3 rings (SSSR count). The SMILES string of the molecule is Clc1cccc(Cl)c1CO[C@@H]1CCC[C@H](Cn2ccnc2)O1. The fourth-order valence-electron chi connectivity index (χ4n) is 2.60. The number of hydrogen-bond donors (Lipinski definition) is 0. The summed E-state index contributed by atoms with van der Waals surface area (Å²) in [5, 5.41) is 1.25. The van der Waals surface area contributed by atoms with E-state index in [2.05, 4.69) is 4.98 Å². The molecule has 0 radical (unpaired) electrons. The highest BCUT2D eigenvalue weighted by Gasteiger charge is 2.23. The molecule has 2 heterocycles. The van der Waals surface area contributed by atoms with Gasteiger partial charge >= 0.3 is 0 Å². The standard InChI is InChI=1S/C16H18Cl2N2O2/c17-14-4-2-5-15(18)13(14)10-21-16-6-1-3-12(22-16)9-20-8-7-19-11-20/h2,4-5,7-8,11-12,16H,1,3,6,9-10H2/t12-,16+/m1/s1. The first-order chi connectivity index (χ1) is 10.7. The molecule has 0 bridgehead atoms. The summed E-state index contributed by atoms with van der Waals surface area (Å²) in [5.74, 6) is 0. The lowest BCUT2D eigenvalue weighted by Crippen LogP contribution is -2.32. The van der Waals surface area contributed by atoms with Crippen molar-refractivity contribution in [2.24, 2.45) is 0 Å². The van der Waals surface area contributed by atoms with Gasteiger partial charge in [-0.15, -0.1) is 0 Å². The number of imidazole rings is 1. The van der Waals surface area contributed by atoms with E-state index in [9.17, 15) is 0 Å². The van der Waals surface area contributed by atoms with Crippen molar-refractivity contribution >= 4 is 23.2 Å². The molecule has 1 fully saturated rings. The summed E-state index contributed by atoms with van der Waals surface area (Å²) in [5.41, 5.74) is 0.811. The first-order valence-corrected chi connectivity index (χ1v) is 8.13. The average molecular weight is 341 g/mol. The lowest BCUT2D eigenvalue weighted by molar-refractivity contribution is -0.201. The zero-order valence-electron chi connectivity index (χ0n) is 12.1. The molecule has 22 heavy (non-hydrogen) atoms. The van der Waals surface area contributed by atoms with E-state index in [-0.39, 0.29) is 12.4 Å². The van der Waals surface area contributed by atoms with Crippen molar-refractivity contribution < 1.29 is 9.47 Å². The molecule has 1 aliphatic rings. The van der Waals surface area contributed by atoms with Crippen LogP contribution in [0, 0.1) is 0 Å². The first-order valence-electron chi connectivity index (χ1n) is 7.38. The number of rotatable bonds is 5. The van der Waals surface area contributed by atoms with E-state index in [0.29, 0.717) is 16.7 Å². The Labute approximate surface area is 140 Å². The quantitative estimate of drug-likeness (QED) is 0.813. The number of aromatic nitrogens is 2. The molecule has 1 aromatic carbocycles. The van der Waals surface area contributed by atoms with Crippen molar-refractivity contribution in [2.75, 3.05) is 0 Å². The van der Waals surface area contributed by atoms with Crippen molar-refractivity contribution in [1.82, 2.24) is 9.55 Å². The maximum atomic E-state index is 6.16. The van der Waals surface area contributed by atoms with Crippen molar-refractivity contribution in [3.05, 3.63) is 52.5 Å². The predicted octanol–water partition coefficient (Wildman–Crippen LogP) is 4.30. The van der Waals surface area contributed by atoms with Crippen LogP contribution in [0.3, 0.4) is 0 Å². The van der Waals surface area contributed by atoms with Gasteiger partial charge in [-0.2, -0.15) is 0 Å². The molecule has 1 saturated heterocycles. The van der Waals surface area contributed by atoms with Gasteiger partial charge in [-0.3, -0.25) is 0 Å². The van der Waals surface area contributed by atoms with Gasteiger partial charge in [0, 0.05) is 34.5 Å². The van der Waals surface area contributed by atoms with Gasteiger partial charge in [0.2, 0.25) is 0 Å². The molecule has 1 aliphatic heterocycles. The second-order valence-electron chi connectivity index (χ2n) is 5.39. The third-order valence-corrected chi connectivity index (χ3v) is 4.47. The highest BCUT2D eigenvalue weighted by molar-refractivity contribution is 6.35. The molecule has 2 aromatic rings. The van der Waals surface area contributed by atoms with E-state index in [0.717, 1.165) is 31.4 Å². The summed E-state index contributed by atoms with van der Waals surface area (Å²) in [6.45, 7) is 1.16. The highest BCUT2D eigenvalue weighted by Crippen LogP contribution is 2.27. The van der Waals surface area contributed by atoms with Crippen LogP contribution in [-0.4, -0.2) is 21.9 Å². The lowest BCUT2D eigenvalue weighted by atomic mass is 10.1. The van der Waals surface area contributed by atoms with Gasteiger partial charge in [-0.1, -0.05) is 29.3 Å². The molecule has 118 valence electrons. The second-order valence-corrected chi connectivity index (χ2v) is 6.20.